The summed E-state index contributed by atoms with van der Waals surface area (Å²) in [6.45, 7) is 2.39. The summed E-state index contributed by atoms with van der Waals surface area (Å²) in [5.74, 6) is 1.76. The van der Waals surface area contributed by atoms with E-state index in [1.807, 2.05) is 11.8 Å². The fraction of sp³-hybridized carbons (Fsp3) is 1.00. The Morgan fingerprint density at radius 1 is 1.47 bits per heavy atom. The zero-order valence-corrected chi connectivity index (χ0v) is 11.0. The molecule has 0 bridgehead atoms. The molecule has 1 aliphatic heterocycles. The number of thioether (sulfide) groups is 1. The van der Waals surface area contributed by atoms with Crippen molar-refractivity contribution in [3.63, 3.8) is 0 Å². The van der Waals surface area contributed by atoms with Gasteiger partial charge in [-0.1, -0.05) is 6.92 Å². The van der Waals surface area contributed by atoms with Gasteiger partial charge in [0, 0.05) is 17.0 Å². The topological polar surface area (TPSA) is 60.2 Å². The second-order valence-electron chi connectivity index (χ2n) is 4.18. The van der Waals surface area contributed by atoms with Gasteiger partial charge in [0.05, 0.1) is 5.75 Å². The zero-order valence-electron chi connectivity index (χ0n) is 9.37. The monoisotopic (exact) mass is 251 g/mol. The van der Waals surface area contributed by atoms with Crippen LogP contribution in [-0.2, 0) is 9.84 Å². The van der Waals surface area contributed by atoms with Gasteiger partial charge in [0.2, 0.25) is 0 Å². The molecule has 1 unspecified atom stereocenters. The van der Waals surface area contributed by atoms with Crippen molar-refractivity contribution in [2.45, 2.75) is 37.4 Å². The highest BCUT2D eigenvalue weighted by Crippen LogP contribution is 2.40. The fourth-order valence-corrected chi connectivity index (χ4v) is 4.26. The summed E-state index contributed by atoms with van der Waals surface area (Å²) in [7, 11) is -2.80. The first kappa shape index (κ1) is 13.3. The van der Waals surface area contributed by atoms with Crippen LogP contribution in [0.5, 0.6) is 0 Å². The highest BCUT2D eigenvalue weighted by molar-refractivity contribution is 8.00. The van der Waals surface area contributed by atoms with Crippen molar-refractivity contribution in [2.75, 3.05) is 23.8 Å². The molecule has 1 saturated heterocycles. The van der Waals surface area contributed by atoms with Crippen molar-refractivity contribution >= 4 is 21.6 Å². The van der Waals surface area contributed by atoms with E-state index in [0.29, 0.717) is 12.3 Å². The first-order valence-electron chi connectivity index (χ1n) is 5.58. The van der Waals surface area contributed by atoms with Gasteiger partial charge in [0.1, 0.15) is 9.84 Å². The quantitative estimate of drug-likeness (QED) is 0.776. The van der Waals surface area contributed by atoms with Crippen LogP contribution in [-0.4, -0.2) is 37.0 Å². The molecule has 0 aliphatic carbocycles. The summed E-state index contributed by atoms with van der Waals surface area (Å²) < 4.78 is 22.8. The van der Waals surface area contributed by atoms with E-state index in [-0.39, 0.29) is 10.5 Å². The number of sulfone groups is 1. The molecule has 0 aromatic carbocycles. The zero-order chi connectivity index (χ0) is 11.4. The summed E-state index contributed by atoms with van der Waals surface area (Å²) in [5, 5.41) is 0. The highest BCUT2D eigenvalue weighted by Gasteiger charge is 2.32. The molecule has 2 N–H and O–H groups in total. The third-order valence-corrected chi connectivity index (χ3v) is 6.55. The van der Waals surface area contributed by atoms with E-state index in [9.17, 15) is 8.42 Å². The second-order valence-corrected chi connectivity index (χ2v) is 8.21. The Labute approximate surface area is 97.1 Å². The van der Waals surface area contributed by atoms with E-state index in [0.717, 1.165) is 19.3 Å². The molecule has 15 heavy (non-hydrogen) atoms. The van der Waals surface area contributed by atoms with Crippen LogP contribution in [0.15, 0.2) is 0 Å². The van der Waals surface area contributed by atoms with E-state index < -0.39 is 9.84 Å². The lowest BCUT2D eigenvalue weighted by Crippen LogP contribution is -2.32. The van der Waals surface area contributed by atoms with Crippen LogP contribution in [0, 0.1) is 0 Å². The molecule has 0 amide bonds. The summed E-state index contributed by atoms with van der Waals surface area (Å²) >= 11 is 1.93. The van der Waals surface area contributed by atoms with Gasteiger partial charge < -0.3 is 5.73 Å². The van der Waals surface area contributed by atoms with E-state index >= 15 is 0 Å². The molecule has 1 fully saturated rings. The van der Waals surface area contributed by atoms with Crippen LogP contribution in [0.3, 0.4) is 0 Å². The van der Waals surface area contributed by atoms with Crippen LogP contribution in [0.4, 0.5) is 0 Å². The molecule has 0 spiro atoms. The molecule has 90 valence electrons. The van der Waals surface area contributed by atoms with E-state index in [4.69, 9.17) is 5.73 Å². The Morgan fingerprint density at radius 2 is 2.20 bits per heavy atom. The molecule has 1 rings (SSSR count). The predicted octanol–water partition coefficient (Wildman–Crippen LogP) is 1.43. The van der Waals surface area contributed by atoms with Gasteiger partial charge in [-0.25, -0.2) is 8.42 Å². The SMILES string of the molecule is CCS(=O)(=O)CCCC1(CN)CCCS1. The minimum absolute atomic E-state index is 0.184. The van der Waals surface area contributed by atoms with Crippen LogP contribution in [0.1, 0.15) is 32.6 Å². The minimum Gasteiger partial charge on any atom is -0.329 e. The lowest BCUT2D eigenvalue weighted by atomic mass is 9.98. The van der Waals surface area contributed by atoms with Crippen LogP contribution in [0.25, 0.3) is 0 Å². The maximum absolute atomic E-state index is 11.3. The molecular weight excluding hydrogens is 230 g/mol. The van der Waals surface area contributed by atoms with Crippen LogP contribution in [0.2, 0.25) is 0 Å². The first-order valence-corrected chi connectivity index (χ1v) is 8.39. The molecule has 0 aromatic rings. The summed E-state index contributed by atoms with van der Waals surface area (Å²) in [5.41, 5.74) is 5.78. The number of hydrogen-bond acceptors (Lipinski definition) is 4. The van der Waals surface area contributed by atoms with Crippen molar-refractivity contribution in [3.8, 4) is 0 Å². The van der Waals surface area contributed by atoms with Crippen molar-refractivity contribution in [3.05, 3.63) is 0 Å². The smallest absolute Gasteiger partial charge is 0.150 e. The Balaban J connectivity index is 2.36. The van der Waals surface area contributed by atoms with Gasteiger partial charge in [-0.05, 0) is 31.4 Å². The Kier molecular flexibility index (Phi) is 4.93. The number of nitrogens with two attached hydrogens (primary N) is 1. The van der Waals surface area contributed by atoms with Gasteiger partial charge in [0.15, 0.2) is 0 Å². The first-order chi connectivity index (χ1) is 7.04. The maximum Gasteiger partial charge on any atom is 0.150 e. The molecule has 1 heterocycles. The van der Waals surface area contributed by atoms with Crippen LogP contribution < -0.4 is 5.73 Å². The van der Waals surface area contributed by atoms with Crippen molar-refractivity contribution in [2.24, 2.45) is 5.73 Å². The lowest BCUT2D eigenvalue weighted by Gasteiger charge is -2.25. The molecule has 3 nitrogen and oxygen atoms in total. The van der Waals surface area contributed by atoms with E-state index in [2.05, 4.69) is 0 Å². The second kappa shape index (κ2) is 5.55. The Hall–Kier alpha value is 0.260. The van der Waals surface area contributed by atoms with E-state index in [1.54, 1.807) is 6.92 Å². The van der Waals surface area contributed by atoms with Gasteiger partial charge in [-0.15, -0.1) is 0 Å². The summed E-state index contributed by atoms with van der Waals surface area (Å²) in [4.78, 5) is 0. The fourth-order valence-electron chi connectivity index (χ4n) is 1.97. The average molecular weight is 251 g/mol. The van der Waals surface area contributed by atoms with Gasteiger partial charge in [0.25, 0.3) is 0 Å². The maximum atomic E-state index is 11.3. The minimum atomic E-state index is -2.80. The molecule has 1 aliphatic rings. The third-order valence-electron chi connectivity index (χ3n) is 3.08. The number of rotatable bonds is 6. The standard InChI is InChI=1S/C10H21NO2S2/c1-2-15(12,13)8-4-6-10(9-11)5-3-7-14-10/h2-9,11H2,1H3. The lowest BCUT2D eigenvalue weighted by molar-refractivity contribution is 0.517. The summed E-state index contributed by atoms with van der Waals surface area (Å²) in [6, 6.07) is 0. The normalized spacial score (nSPS) is 27.1. The molecule has 1 atom stereocenters. The van der Waals surface area contributed by atoms with Gasteiger partial charge in [-0.2, -0.15) is 11.8 Å². The molecule has 5 heteroatoms. The largest absolute Gasteiger partial charge is 0.329 e. The van der Waals surface area contributed by atoms with Crippen molar-refractivity contribution in [1.82, 2.24) is 0 Å². The molecule has 0 aromatic heterocycles. The van der Waals surface area contributed by atoms with Crippen LogP contribution >= 0.6 is 11.8 Å². The van der Waals surface area contributed by atoms with Gasteiger partial charge >= 0.3 is 0 Å². The molecule has 0 saturated carbocycles. The molecule has 0 radical (unpaired) electrons. The highest BCUT2D eigenvalue weighted by atomic mass is 32.2. The van der Waals surface area contributed by atoms with Gasteiger partial charge in [-0.3, -0.25) is 0 Å². The average Bonchev–Trinajstić information content (AvgIpc) is 2.67. The Bertz CT molecular complexity index is 282. The third kappa shape index (κ3) is 3.96. The predicted molar refractivity (Wildman–Crippen MR) is 67.0 cm³/mol. The van der Waals surface area contributed by atoms with E-state index in [1.165, 1.54) is 12.2 Å². The Morgan fingerprint density at radius 3 is 2.67 bits per heavy atom. The summed E-state index contributed by atoms with van der Waals surface area (Å²) in [6.07, 6.45) is 4.09. The number of hydrogen-bond donors (Lipinski definition) is 1. The van der Waals surface area contributed by atoms with Crippen molar-refractivity contribution in [1.29, 1.82) is 0 Å². The molecular formula is C10H21NO2S2. The van der Waals surface area contributed by atoms with Crippen molar-refractivity contribution < 1.29 is 8.42 Å².